The third kappa shape index (κ3) is 2.84. The topological polar surface area (TPSA) is 47.4 Å². The maximum absolute atomic E-state index is 12.8. The third-order valence-corrected chi connectivity index (χ3v) is 4.51. The molecular formula is C16H25N3O2. The zero-order chi connectivity index (χ0) is 15.0. The number of nitrogens with zero attached hydrogens (tertiary/aromatic N) is 3. The molecule has 1 saturated carbocycles. The highest BCUT2D eigenvalue weighted by Crippen LogP contribution is 2.29. The van der Waals surface area contributed by atoms with Crippen molar-refractivity contribution in [1.29, 1.82) is 0 Å². The van der Waals surface area contributed by atoms with Gasteiger partial charge in [-0.1, -0.05) is 12.8 Å². The zero-order valence-electron chi connectivity index (χ0n) is 13.2. The molecule has 2 aliphatic rings. The Bertz CT molecular complexity index is 516. The van der Waals surface area contributed by atoms with Gasteiger partial charge in [-0.25, -0.2) is 0 Å². The maximum atomic E-state index is 12.8. The summed E-state index contributed by atoms with van der Waals surface area (Å²) >= 11 is 0. The van der Waals surface area contributed by atoms with Gasteiger partial charge in [0, 0.05) is 12.7 Å². The van der Waals surface area contributed by atoms with Crippen molar-refractivity contribution in [2.45, 2.75) is 64.1 Å². The number of hydrogen-bond donors (Lipinski definition) is 0. The number of carbonyl (C=O) groups excluding carboxylic acids is 1. The number of carbonyl (C=O) groups is 1. The molecule has 21 heavy (non-hydrogen) atoms. The first-order chi connectivity index (χ1) is 9.97. The maximum Gasteiger partial charge on any atom is 0.257 e. The molecule has 2 fully saturated rings. The largest absolute Gasteiger partial charge is 0.374 e. The quantitative estimate of drug-likeness (QED) is 0.798. The van der Waals surface area contributed by atoms with E-state index < -0.39 is 0 Å². The Kier molecular flexibility index (Phi) is 3.78. The van der Waals surface area contributed by atoms with Crippen LogP contribution >= 0.6 is 0 Å². The van der Waals surface area contributed by atoms with Crippen LogP contribution in [-0.4, -0.2) is 45.9 Å². The number of amides is 1. The Morgan fingerprint density at radius 1 is 1.33 bits per heavy atom. The lowest BCUT2D eigenvalue weighted by Crippen LogP contribution is -2.54. The van der Waals surface area contributed by atoms with Crippen molar-refractivity contribution in [2.24, 2.45) is 0 Å². The smallest absolute Gasteiger partial charge is 0.257 e. The summed E-state index contributed by atoms with van der Waals surface area (Å²) in [5, 5.41) is 4.35. The third-order valence-electron chi connectivity index (χ3n) is 4.51. The number of fused-ring (bicyclic) bond motifs is 1. The van der Waals surface area contributed by atoms with Gasteiger partial charge in [0.15, 0.2) is 0 Å². The van der Waals surface area contributed by atoms with Gasteiger partial charge < -0.3 is 9.64 Å². The van der Waals surface area contributed by atoms with Crippen molar-refractivity contribution in [2.75, 3.05) is 13.2 Å². The van der Waals surface area contributed by atoms with E-state index in [4.69, 9.17) is 4.74 Å². The second-order valence-electron chi connectivity index (χ2n) is 7.10. The average Bonchev–Trinajstić information content (AvgIpc) is 2.96. The lowest BCUT2D eigenvalue weighted by molar-refractivity contribution is -0.0752. The van der Waals surface area contributed by atoms with Gasteiger partial charge in [0.25, 0.3) is 5.91 Å². The molecule has 2 heterocycles. The van der Waals surface area contributed by atoms with E-state index in [0.717, 1.165) is 12.8 Å². The van der Waals surface area contributed by atoms with Gasteiger partial charge in [-0.3, -0.25) is 9.48 Å². The van der Waals surface area contributed by atoms with Crippen LogP contribution in [0.25, 0.3) is 0 Å². The second kappa shape index (κ2) is 5.44. The molecule has 0 spiro atoms. The van der Waals surface area contributed by atoms with E-state index in [9.17, 15) is 4.79 Å². The van der Waals surface area contributed by atoms with Crippen molar-refractivity contribution in [3.8, 4) is 0 Å². The van der Waals surface area contributed by atoms with Gasteiger partial charge in [-0.15, -0.1) is 0 Å². The van der Waals surface area contributed by atoms with Crippen molar-refractivity contribution in [3.05, 3.63) is 18.0 Å². The van der Waals surface area contributed by atoms with E-state index in [1.54, 1.807) is 6.20 Å². The second-order valence-corrected chi connectivity index (χ2v) is 7.10. The monoisotopic (exact) mass is 291 g/mol. The van der Waals surface area contributed by atoms with E-state index in [1.807, 2.05) is 15.8 Å². The van der Waals surface area contributed by atoms with Gasteiger partial charge in [-0.2, -0.15) is 5.10 Å². The van der Waals surface area contributed by atoms with Crippen LogP contribution in [0.4, 0.5) is 0 Å². The van der Waals surface area contributed by atoms with Crippen LogP contribution in [0.15, 0.2) is 12.4 Å². The van der Waals surface area contributed by atoms with Gasteiger partial charge in [0.05, 0.1) is 36.1 Å². The van der Waals surface area contributed by atoms with Gasteiger partial charge in [0.1, 0.15) is 0 Å². The molecule has 1 aliphatic carbocycles. The van der Waals surface area contributed by atoms with E-state index in [-0.39, 0.29) is 23.6 Å². The summed E-state index contributed by atoms with van der Waals surface area (Å²) in [6, 6.07) is 0.248. The molecule has 0 aromatic carbocycles. The van der Waals surface area contributed by atoms with E-state index in [1.165, 1.54) is 12.8 Å². The number of ether oxygens (including phenoxy) is 1. The fourth-order valence-corrected chi connectivity index (χ4v) is 3.31. The molecule has 3 rings (SSSR count). The summed E-state index contributed by atoms with van der Waals surface area (Å²) in [6.07, 6.45) is 8.34. The lowest BCUT2D eigenvalue weighted by Gasteiger charge is -2.43. The van der Waals surface area contributed by atoms with Crippen LogP contribution in [0.2, 0.25) is 0 Å². The van der Waals surface area contributed by atoms with Crippen LogP contribution in [-0.2, 0) is 10.3 Å². The SMILES string of the molecule is CC(C)(C)n1cc(C(=O)N2CCO[C@@H]3CCCC[C@@H]32)cn1. The van der Waals surface area contributed by atoms with Gasteiger partial charge in [0.2, 0.25) is 0 Å². The molecule has 1 aromatic rings. The average molecular weight is 291 g/mol. The molecule has 1 amide bonds. The lowest BCUT2D eigenvalue weighted by atomic mass is 9.90. The molecule has 1 aromatic heterocycles. The van der Waals surface area contributed by atoms with E-state index >= 15 is 0 Å². The molecule has 0 bridgehead atoms. The summed E-state index contributed by atoms with van der Waals surface area (Å²) < 4.78 is 7.70. The Morgan fingerprint density at radius 3 is 2.81 bits per heavy atom. The van der Waals surface area contributed by atoms with Crippen LogP contribution < -0.4 is 0 Å². The minimum atomic E-state index is -0.100. The Balaban J connectivity index is 1.79. The van der Waals surface area contributed by atoms with E-state index in [2.05, 4.69) is 25.9 Å². The highest BCUT2D eigenvalue weighted by molar-refractivity contribution is 5.94. The molecule has 1 aliphatic heterocycles. The van der Waals surface area contributed by atoms with Gasteiger partial charge >= 0.3 is 0 Å². The number of rotatable bonds is 1. The summed E-state index contributed by atoms with van der Waals surface area (Å²) in [4.78, 5) is 14.8. The Labute approximate surface area is 126 Å². The number of hydrogen-bond acceptors (Lipinski definition) is 3. The summed E-state index contributed by atoms with van der Waals surface area (Å²) in [5.74, 6) is 0.103. The molecule has 0 unspecified atom stereocenters. The molecule has 0 radical (unpaired) electrons. The molecule has 0 N–H and O–H groups in total. The summed E-state index contributed by atoms with van der Waals surface area (Å²) in [5.41, 5.74) is 0.591. The van der Waals surface area contributed by atoms with Crippen LogP contribution in [0.5, 0.6) is 0 Å². The van der Waals surface area contributed by atoms with Crippen LogP contribution in [0, 0.1) is 0 Å². The summed E-state index contributed by atoms with van der Waals surface area (Å²) in [7, 11) is 0. The zero-order valence-corrected chi connectivity index (χ0v) is 13.2. The minimum Gasteiger partial charge on any atom is -0.374 e. The highest BCUT2D eigenvalue weighted by Gasteiger charge is 2.37. The van der Waals surface area contributed by atoms with Crippen LogP contribution in [0.1, 0.15) is 56.8 Å². The standard InChI is InChI=1S/C16H25N3O2/c1-16(2,3)19-11-12(10-17-19)15(20)18-8-9-21-14-7-5-4-6-13(14)18/h10-11,13-14H,4-9H2,1-3H3/t13-,14+/m0/s1. The van der Waals surface area contributed by atoms with Crippen molar-refractivity contribution >= 4 is 5.91 Å². The minimum absolute atomic E-state index is 0.100. The summed E-state index contributed by atoms with van der Waals surface area (Å²) in [6.45, 7) is 7.60. The number of aromatic nitrogens is 2. The van der Waals surface area contributed by atoms with Crippen molar-refractivity contribution in [3.63, 3.8) is 0 Å². The van der Waals surface area contributed by atoms with Crippen molar-refractivity contribution in [1.82, 2.24) is 14.7 Å². The predicted molar refractivity (Wildman–Crippen MR) is 80.3 cm³/mol. The first-order valence-electron chi connectivity index (χ1n) is 7.94. The van der Waals surface area contributed by atoms with Crippen LogP contribution in [0.3, 0.4) is 0 Å². The van der Waals surface area contributed by atoms with E-state index in [0.29, 0.717) is 18.7 Å². The van der Waals surface area contributed by atoms with Crippen molar-refractivity contribution < 1.29 is 9.53 Å². The highest BCUT2D eigenvalue weighted by atomic mass is 16.5. The fourth-order valence-electron chi connectivity index (χ4n) is 3.31. The van der Waals surface area contributed by atoms with Gasteiger partial charge in [-0.05, 0) is 33.6 Å². The number of morpholine rings is 1. The Morgan fingerprint density at radius 2 is 2.10 bits per heavy atom. The fraction of sp³-hybridized carbons (Fsp3) is 0.750. The molecule has 1 saturated heterocycles. The first-order valence-corrected chi connectivity index (χ1v) is 7.94. The molecule has 2 atom stereocenters. The molecular weight excluding hydrogens is 266 g/mol. The normalized spacial score (nSPS) is 26.5. The molecule has 116 valence electrons. The Hall–Kier alpha value is -1.36. The molecule has 5 heteroatoms. The molecule has 5 nitrogen and oxygen atoms in total. The first kappa shape index (κ1) is 14.6. The predicted octanol–water partition coefficient (Wildman–Crippen LogP) is 2.42.